The molecule has 3 aromatic rings. The topological polar surface area (TPSA) is 32.6 Å². The van der Waals surface area contributed by atoms with Crippen LogP contribution in [0.15, 0.2) is 58.2 Å². The first-order valence-electron chi connectivity index (χ1n) is 5.59. The van der Waals surface area contributed by atoms with E-state index in [1.54, 1.807) is 0 Å². The van der Waals surface area contributed by atoms with Gasteiger partial charge >= 0.3 is 0 Å². The largest absolute Gasteiger partial charge is 0.411 e. The number of fused-ring (bicyclic) bond motifs is 2. The van der Waals surface area contributed by atoms with Crippen LogP contribution in [0.5, 0.6) is 0 Å². The van der Waals surface area contributed by atoms with Crippen molar-refractivity contribution in [2.75, 3.05) is 0 Å². The molecule has 0 saturated heterocycles. The van der Waals surface area contributed by atoms with Crippen LogP contribution < -0.4 is 0 Å². The minimum absolute atomic E-state index is 0.937. The molecule has 0 aliphatic carbocycles. The minimum atomic E-state index is 0.937. The third kappa shape index (κ3) is 1.59. The molecule has 0 fully saturated rings. The lowest BCUT2D eigenvalue weighted by Crippen LogP contribution is -1.89. The monoisotopic (exact) mass is 299 g/mol. The van der Waals surface area contributed by atoms with Crippen molar-refractivity contribution in [1.82, 2.24) is 0 Å². The highest BCUT2D eigenvalue weighted by Crippen LogP contribution is 2.35. The molecule has 0 bridgehead atoms. The molecule has 1 N–H and O–H groups in total. The highest BCUT2D eigenvalue weighted by Gasteiger charge is 2.10. The number of nitrogens with zero attached hydrogens (tertiary/aromatic N) is 1. The van der Waals surface area contributed by atoms with Crippen molar-refractivity contribution in [1.29, 1.82) is 0 Å². The molecule has 3 heteroatoms. The maximum Gasteiger partial charge on any atom is 0.0746 e. The summed E-state index contributed by atoms with van der Waals surface area (Å²) < 4.78 is 1.07. The molecule has 88 valence electrons. The molecule has 0 heterocycles. The average molecular weight is 300 g/mol. The summed E-state index contributed by atoms with van der Waals surface area (Å²) in [6.45, 7) is 0. The fourth-order valence-electron chi connectivity index (χ4n) is 2.31. The Kier molecular flexibility index (Phi) is 2.76. The van der Waals surface area contributed by atoms with Gasteiger partial charge < -0.3 is 5.21 Å². The van der Waals surface area contributed by atoms with E-state index in [0.717, 1.165) is 31.6 Å². The van der Waals surface area contributed by atoms with Gasteiger partial charge in [0.25, 0.3) is 0 Å². The van der Waals surface area contributed by atoms with Crippen molar-refractivity contribution < 1.29 is 5.21 Å². The number of oxime groups is 1. The first-order chi connectivity index (χ1) is 8.83. The summed E-state index contributed by atoms with van der Waals surface area (Å²) in [7, 11) is 0. The Balaban J connectivity index is 2.62. The standard InChI is InChI=1S/C15H10BrNO/c16-15-12-7-3-1-5-10(12)14(9-17-18)11-6-2-4-8-13(11)15/h1-9,18H/b17-9+. The number of benzene rings is 3. The Bertz CT molecular complexity index is 708. The van der Waals surface area contributed by atoms with Crippen molar-refractivity contribution in [2.24, 2.45) is 5.16 Å². The molecule has 3 rings (SSSR count). The van der Waals surface area contributed by atoms with E-state index >= 15 is 0 Å². The summed E-state index contributed by atoms with van der Waals surface area (Å²) in [6, 6.07) is 16.1. The molecule has 0 aliphatic heterocycles. The number of hydrogen-bond donors (Lipinski definition) is 1. The van der Waals surface area contributed by atoms with Crippen LogP contribution in [0.2, 0.25) is 0 Å². The second-order valence-electron chi connectivity index (χ2n) is 4.06. The van der Waals surface area contributed by atoms with Gasteiger partial charge in [-0.15, -0.1) is 0 Å². The predicted molar refractivity (Wildman–Crippen MR) is 78.5 cm³/mol. The van der Waals surface area contributed by atoms with Gasteiger partial charge in [0.15, 0.2) is 0 Å². The number of halogens is 1. The molecule has 0 amide bonds. The van der Waals surface area contributed by atoms with Gasteiger partial charge in [-0.05, 0) is 37.5 Å². The maximum atomic E-state index is 8.87. The van der Waals surface area contributed by atoms with E-state index < -0.39 is 0 Å². The predicted octanol–water partition coefficient (Wildman–Crippen LogP) is 4.56. The molecule has 0 unspecified atom stereocenters. The smallest absolute Gasteiger partial charge is 0.0746 e. The van der Waals surface area contributed by atoms with E-state index in [2.05, 4.69) is 33.2 Å². The molecule has 0 aliphatic rings. The molecule has 0 spiro atoms. The highest BCUT2D eigenvalue weighted by atomic mass is 79.9. The van der Waals surface area contributed by atoms with Crippen molar-refractivity contribution in [3.05, 3.63) is 58.6 Å². The molecular formula is C15H10BrNO. The van der Waals surface area contributed by atoms with Gasteiger partial charge in [0.2, 0.25) is 0 Å². The zero-order chi connectivity index (χ0) is 12.5. The Morgan fingerprint density at radius 2 is 1.28 bits per heavy atom. The van der Waals surface area contributed by atoms with Crippen LogP contribution in [0.4, 0.5) is 0 Å². The molecule has 0 aromatic heterocycles. The van der Waals surface area contributed by atoms with Crippen LogP contribution in [-0.2, 0) is 0 Å². The molecule has 2 nitrogen and oxygen atoms in total. The highest BCUT2D eigenvalue weighted by molar-refractivity contribution is 9.10. The Hall–Kier alpha value is -1.87. The molecular weight excluding hydrogens is 290 g/mol. The summed E-state index contributed by atoms with van der Waals surface area (Å²) in [5, 5.41) is 16.4. The van der Waals surface area contributed by atoms with Gasteiger partial charge in [0.05, 0.1) is 6.21 Å². The van der Waals surface area contributed by atoms with Gasteiger partial charge in [0, 0.05) is 10.0 Å². The van der Waals surface area contributed by atoms with E-state index in [-0.39, 0.29) is 0 Å². The summed E-state index contributed by atoms with van der Waals surface area (Å²) in [6.07, 6.45) is 1.50. The van der Waals surface area contributed by atoms with Crippen molar-refractivity contribution in [3.8, 4) is 0 Å². The van der Waals surface area contributed by atoms with Crippen molar-refractivity contribution in [2.45, 2.75) is 0 Å². The van der Waals surface area contributed by atoms with Gasteiger partial charge in [-0.1, -0.05) is 53.7 Å². The van der Waals surface area contributed by atoms with Crippen LogP contribution in [0.25, 0.3) is 21.5 Å². The maximum absolute atomic E-state index is 8.87. The first kappa shape index (κ1) is 11.2. The normalized spacial score (nSPS) is 11.6. The van der Waals surface area contributed by atoms with E-state index in [1.807, 2.05) is 36.4 Å². The molecule has 3 aromatic carbocycles. The van der Waals surface area contributed by atoms with Crippen LogP contribution in [0.1, 0.15) is 5.56 Å². The third-order valence-electron chi connectivity index (χ3n) is 3.09. The van der Waals surface area contributed by atoms with Gasteiger partial charge in [0.1, 0.15) is 0 Å². The van der Waals surface area contributed by atoms with E-state index in [1.165, 1.54) is 6.21 Å². The number of hydrogen-bond acceptors (Lipinski definition) is 2. The fraction of sp³-hybridized carbons (Fsp3) is 0. The lowest BCUT2D eigenvalue weighted by atomic mass is 9.97. The summed E-state index contributed by atoms with van der Waals surface area (Å²) in [4.78, 5) is 0. The SMILES string of the molecule is O/N=C/c1c2ccccc2c(Br)c2ccccc12. The fourth-order valence-corrected chi connectivity index (χ4v) is 3.00. The second kappa shape index (κ2) is 4.42. The van der Waals surface area contributed by atoms with Crippen LogP contribution >= 0.6 is 15.9 Å². The quantitative estimate of drug-likeness (QED) is 0.304. The zero-order valence-electron chi connectivity index (χ0n) is 9.47. The van der Waals surface area contributed by atoms with E-state index in [9.17, 15) is 0 Å². The van der Waals surface area contributed by atoms with Crippen LogP contribution in [0, 0.1) is 0 Å². The van der Waals surface area contributed by atoms with Crippen LogP contribution in [0.3, 0.4) is 0 Å². The Morgan fingerprint density at radius 1 is 0.833 bits per heavy atom. The summed E-state index contributed by atoms with van der Waals surface area (Å²) in [5.41, 5.74) is 0.937. The Morgan fingerprint density at radius 3 is 1.72 bits per heavy atom. The van der Waals surface area contributed by atoms with Gasteiger partial charge in [-0.2, -0.15) is 0 Å². The first-order valence-corrected chi connectivity index (χ1v) is 6.38. The zero-order valence-corrected chi connectivity index (χ0v) is 11.1. The van der Waals surface area contributed by atoms with Crippen molar-refractivity contribution >= 4 is 43.7 Å². The van der Waals surface area contributed by atoms with Crippen molar-refractivity contribution in [3.63, 3.8) is 0 Å². The van der Waals surface area contributed by atoms with Gasteiger partial charge in [-0.25, -0.2) is 0 Å². The van der Waals surface area contributed by atoms with E-state index in [0.29, 0.717) is 0 Å². The second-order valence-corrected chi connectivity index (χ2v) is 4.86. The Labute approximate surface area is 113 Å². The molecule has 0 saturated carbocycles. The lowest BCUT2D eigenvalue weighted by molar-refractivity contribution is 0.322. The molecule has 18 heavy (non-hydrogen) atoms. The molecule has 0 radical (unpaired) electrons. The van der Waals surface area contributed by atoms with Gasteiger partial charge in [-0.3, -0.25) is 0 Å². The summed E-state index contributed by atoms with van der Waals surface area (Å²) in [5.74, 6) is 0. The third-order valence-corrected chi connectivity index (χ3v) is 3.95. The number of rotatable bonds is 1. The average Bonchev–Trinajstić information content (AvgIpc) is 2.43. The summed E-state index contributed by atoms with van der Waals surface area (Å²) >= 11 is 3.66. The lowest BCUT2D eigenvalue weighted by Gasteiger charge is -2.10. The molecule has 0 atom stereocenters. The van der Waals surface area contributed by atoms with Crippen LogP contribution in [-0.4, -0.2) is 11.4 Å². The minimum Gasteiger partial charge on any atom is -0.411 e. The van der Waals surface area contributed by atoms with E-state index in [4.69, 9.17) is 5.21 Å².